The van der Waals surface area contributed by atoms with Crippen molar-refractivity contribution in [1.29, 1.82) is 0 Å². The van der Waals surface area contributed by atoms with Crippen LogP contribution in [0, 0.1) is 5.92 Å². The molecule has 0 aliphatic rings. The fourth-order valence-electron chi connectivity index (χ4n) is 1.31. The highest BCUT2D eigenvalue weighted by Gasteiger charge is 2.12. The van der Waals surface area contributed by atoms with E-state index in [0.29, 0.717) is 6.42 Å². The maximum absolute atomic E-state index is 10.9. The van der Waals surface area contributed by atoms with Gasteiger partial charge in [-0.15, -0.1) is 0 Å². The topological polar surface area (TPSA) is 122 Å². The van der Waals surface area contributed by atoms with Crippen molar-refractivity contribution in [3.8, 4) is 0 Å². The third-order valence-electron chi connectivity index (χ3n) is 2.27. The van der Waals surface area contributed by atoms with Gasteiger partial charge in [-0.3, -0.25) is 8.88 Å². The van der Waals surface area contributed by atoms with Crippen molar-refractivity contribution < 1.29 is 32.6 Å². The molecule has 9 heteroatoms. The number of rotatable bonds is 9. The molecule has 0 aromatic carbocycles. The van der Waals surface area contributed by atoms with Gasteiger partial charge in [-0.2, -0.15) is 0 Å². The summed E-state index contributed by atoms with van der Waals surface area (Å²) in [6.07, 6.45) is 4.24. The minimum atomic E-state index is -5.59. The van der Waals surface area contributed by atoms with Gasteiger partial charge in [0.15, 0.2) is 0 Å². The van der Waals surface area contributed by atoms with E-state index in [-0.39, 0.29) is 12.5 Å². The molecule has 0 heterocycles. The summed E-state index contributed by atoms with van der Waals surface area (Å²) < 4.78 is 28.7. The zero-order chi connectivity index (χ0) is 15.1. The normalized spacial score (nSPS) is 16.7. The summed E-state index contributed by atoms with van der Waals surface area (Å²) in [5.41, 5.74) is 1.21. The van der Waals surface area contributed by atoms with Crippen molar-refractivity contribution in [2.24, 2.45) is 5.92 Å². The SMILES string of the molecule is CC(C)=CCCC(C)CCOP(=O)([O-])OP(=O)([O-])[O-]. The van der Waals surface area contributed by atoms with Crippen LogP contribution in [0.15, 0.2) is 11.6 Å². The quantitative estimate of drug-likeness (QED) is 0.461. The Kier molecular flexibility index (Phi) is 8.32. The molecule has 0 amide bonds. The van der Waals surface area contributed by atoms with Crippen LogP contribution in [-0.2, 0) is 18.0 Å². The number of phosphoric acid groups is 2. The summed E-state index contributed by atoms with van der Waals surface area (Å²) in [6.45, 7) is 5.69. The molecular weight excluding hydrogens is 294 g/mol. The predicted octanol–water partition coefficient (Wildman–Crippen LogP) is 1.09. The van der Waals surface area contributed by atoms with Crippen LogP contribution in [-0.4, -0.2) is 6.61 Å². The Morgan fingerprint density at radius 2 is 1.79 bits per heavy atom. The third-order valence-corrected chi connectivity index (χ3v) is 4.37. The van der Waals surface area contributed by atoms with E-state index < -0.39 is 15.6 Å². The Morgan fingerprint density at radius 3 is 2.26 bits per heavy atom. The summed E-state index contributed by atoms with van der Waals surface area (Å²) in [5, 5.41) is 0. The Bertz CT molecular complexity index is 383. The van der Waals surface area contributed by atoms with Gasteiger partial charge in [0.05, 0.1) is 14.4 Å². The van der Waals surface area contributed by atoms with Crippen LogP contribution in [0.1, 0.15) is 40.0 Å². The Balaban J connectivity index is 3.93. The first-order valence-electron chi connectivity index (χ1n) is 5.84. The van der Waals surface area contributed by atoms with Gasteiger partial charge in [0.2, 0.25) is 0 Å². The molecule has 0 fully saturated rings. The van der Waals surface area contributed by atoms with Crippen LogP contribution in [0.25, 0.3) is 0 Å². The maximum atomic E-state index is 10.9. The molecule has 2 atom stereocenters. The average Bonchev–Trinajstić information content (AvgIpc) is 2.12. The second kappa shape index (κ2) is 8.32. The van der Waals surface area contributed by atoms with Gasteiger partial charge in [-0.1, -0.05) is 18.6 Å². The predicted molar refractivity (Wildman–Crippen MR) is 64.7 cm³/mol. The van der Waals surface area contributed by atoms with Crippen molar-refractivity contribution in [3.63, 3.8) is 0 Å². The van der Waals surface area contributed by atoms with Crippen LogP contribution in [0.3, 0.4) is 0 Å². The molecule has 0 saturated heterocycles. The summed E-state index contributed by atoms with van der Waals surface area (Å²) in [6, 6.07) is 0. The molecule has 0 aliphatic heterocycles. The average molecular weight is 313 g/mol. The van der Waals surface area contributed by atoms with E-state index in [1.807, 2.05) is 20.8 Å². The van der Waals surface area contributed by atoms with Crippen LogP contribution in [0.4, 0.5) is 0 Å². The second-order valence-corrected chi connectivity index (χ2v) is 7.26. The Labute approximate surface area is 113 Å². The van der Waals surface area contributed by atoms with Gasteiger partial charge in [0.25, 0.3) is 7.82 Å². The number of hydrogen-bond acceptors (Lipinski definition) is 7. The van der Waals surface area contributed by atoms with E-state index in [4.69, 9.17) is 0 Å². The molecule has 0 radical (unpaired) electrons. The van der Waals surface area contributed by atoms with Gasteiger partial charge in [0.1, 0.15) is 0 Å². The molecule has 0 aliphatic carbocycles. The smallest absolute Gasteiger partial charge is 0.271 e. The van der Waals surface area contributed by atoms with Crippen molar-refractivity contribution >= 4 is 15.6 Å². The lowest BCUT2D eigenvalue weighted by Gasteiger charge is -2.35. The van der Waals surface area contributed by atoms with E-state index in [9.17, 15) is 23.8 Å². The first-order chi connectivity index (χ1) is 8.52. The highest BCUT2D eigenvalue weighted by Crippen LogP contribution is 2.50. The lowest BCUT2D eigenvalue weighted by Crippen LogP contribution is -2.19. The lowest BCUT2D eigenvalue weighted by molar-refractivity contribution is -0.339. The summed E-state index contributed by atoms with van der Waals surface area (Å²) >= 11 is 0. The summed E-state index contributed by atoms with van der Waals surface area (Å²) in [7, 11) is -10.7. The first-order valence-corrected chi connectivity index (χ1v) is 8.76. The molecule has 0 aromatic rings. The molecule has 0 N–H and O–H groups in total. The molecule has 0 spiro atoms. The number of hydrogen-bond donors (Lipinski definition) is 0. The molecule has 0 aromatic heterocycles. The van der Waals surface area contributed by atoms with Crippen molar-refractivity contribution in [2.75, 3.05) is 6.61 Å². The second-order valence-electron chi connectivity index (χ2n) is 4.56. The van der Waals surface area contributed by atoms with Crippen molar-refractivity contribution in [3.05, 3.63) is 11.6 Å². The first kappa shape index (κ1) is 19.0. The monoisotopic (exact) mass is 313 g/mol. The molecule has 0 bridgehead atoms. The highest BCUT2D eigenvalue weighted by molar-refractivity contribution is 7.58. The van der Waals surface area contributed by atoms with E-state index in [2.05, 4.69) is 14.9 Å². The van der Waals surface area contributed by atoms with Crippen LogP contribution in [0.2, 0.25) is 0 Å². The fraction of sp³-hybridized carbons (Fsp3) is 0.800. The highest BCUT2D eigenvalue weighted by atomic mass is 31.3. The van der Waals surface area contributed by atoms with E-state index >= 15 is 0 Å². The minimum Gasteiger partial charge on any atom is -0.790 e. The largest absolute Gasteiger partial charge is 0.790 e. The van der Waals surface area contributed by atoms with Crippen LogP contribution in [0.5, 0.6) is 0 Å². The zero-order valence-electron chi connectivity index (χ0n) is 11.2. The van der Waals surface area contributed by atoms with Gasteiger partial charge < -0.3 is 23.8 Å². The Hall–Kier alpha value is -0.0000000000000000416. The summed E-state index contributed by atoms with van der Waals surface area (Å²) in [5.74, 6) is 0.210. The zero-order valence-corrected chi connectivity index (χ0v) is 13.0. The summed E-state index contributed by atoms with van der Waals surface area (Å²) in [4.78, 5) is 31.2. The molecule has 0 saturated carbocycles. The van der Waals surface area contributed by atoms with E-state index in [1.54, 1.807) is 0 Å². The molecule has 7 nitrogen and oxygen atoms in total. The molecule has 19 heavy (non-hydrogen) atoms. The minimum absolute atomic E-state index is 0.210. The molecule has 2 unspecified atom stereocenters. The Morgan fingerprint density at radius 1 is 1.21 bits per heavy atom. The van der Waals surface area contributed by atoms with Crippen LogP contribution >= 0.6 is 15.6 Å². The van der Waals surface area contributed by atoms with E-state index in [0.717, 1.165) is 12.8 Å². The van der Waals surface area contributed by atoms with Gasteiger partial charge in [-0.05, 0) is 39.0 Å². The van der Waals surface area contributed by atoms with Gasteiger partial charge in [-0.25, -0.2) is 0 Å². The number of phosphoric ester groups is 1. The lowest BCUT2D eigenvalue weighted by atomic mass is 10.0. The maximum Gasteiger partial charge on any atom is 0.271 e. The van der Waals surface area contributed by atoms with Crippen LogP contribution < -0.4 is 14.7 Å². The van der Waals surface area contributed by atoms with Crippen molar-refractivity contribution in [1.82, 2.24) is 0 Å². The van der Waals surface area contributed by atoms with E-state index in [1.165, 1.54) is 5.57 Å². The van der Waals surface area contributed by atoms with Gasteiger partial charge >= 0.3 is 0 Å². The third kappa shape index (κ3) is 12.8. The standard InChI is InChI=1S/C10H22O7P2/c1-9(2)5-4-6-10(3)7-8-16-19(14,15)17-18(11,12)13/h5,10H,4,6-8H2,1-3H3,(H,14,15)(H2,11,12,13)/p-3. The molecular formula is C10H19O7P2-3. The molecule has 114 valence electrons. The number of allylic oxidation sites excluding steroid dienone is 2. The van der Waals surface area contributed by atoms with Crippen molar-refractivity contribution in [2.45, 2.75) is 40.0 Å². The van der Waals surface area contributed by atoms with Gasteiger partial charge in [0, 0.05) is 0 Å². The molecule has 0 rings (SSSR count). The fourth-order valence-corrected chi connectivity index (χ4v) is 2.81.